The van der Waals surface area contributed by atoms with E-state index in [4.69, 9.17) is 9.31 Å². The zero-order chi connectivity index (χ0) is 20.6. The number of hydrogen-bond acceptors (Lipinski definition) is 6. The van der Waals surface area contributed by atoms with Gasteiger partial charge in [0, 0.05) is 15.9 Å². The number of aromatic nitrogens is 2. The summed E-state index contributed by atoms with van der Waals surface area (Å²) < 4.78 is 21.7. The zero-order valence-corrected chi connectivity index (χ0v) is 19.6. The number of fused-ring (bicyclic) bond motifs is 1. The van der Waals surface area contributed by atoms with E-state index >= 15 is 0 Å². The first-order chi connectivity index (χ1) is 13.8. The smallest absolute Gasteiger partial charge is 0.399 e. The van der Waals surface area contributed by atoms with Crippen molar-refractivity contribution in [2.75, 3.05) is 0 Å². The Kier molecular flexibility index (Phi) is 5.86. The highest BCUT2D eigenvalue weighted by Crippen LogP contribution is 2.38. The van der Waals surface area contributed by atoms with Crippen LogP contribution < -0.4 is 5.46 Å². The van der Waals surface area contributed by atoms with Gasteiger partial charge in [-0.1, -0.05) is 38.3 Å². The lowest BCUT2D eigenvalue weighted by molar-refractivity contribution is 0.00578. The molecule has 7 heteroatoms. The van der Waals surface area contributed by atoms with Crippen LogP contribution in [-0.2, 0) is 15.7 Å². The summed E-state index contributed by atoms with van der Waals surface area (Å²) in [5.41, 5.74) is 4.64. The molecule has 0 N–H and O–H groups in total. The fourth-order valence-electron chi connectivity index (χ4n) is 3.65. The summed E-state index contributed by atoms with van der Waals surface area (Å²) in [5, 5.41) is 2.29. The minimum Gasteiger partial charge on any atom is -0.399 e. The molecule has 0 radical (unpaired) electrons. The summed E-state index contributed by atoms with van der Waals surface area (Å²) in [6, 6.07) is 6.57. The van der Waals surface area contributed by atoms with E-state index in [-0.39, 0.29) is 11.2 Å². The summed E-state index contributed by atoms with van der Waals surface area (Å²) in [6.45, 7) is 10.6. The number of rotatable bonds is 7. The second-order valence-corrected chi connectivity index (χ2v) is 10.3. The molecule has 154 valence electrons. The van der Waals surface area contributed by atoms with Gasteiger partial charge in [-0.25, -0.2) is 0 Å². The van der Waals surface area contributed by atoms with E-state index in [0.717, 1.165) is 28.5 Å². The van der Waals surface area contributed by atoms with Crippen molar-refractivity contribution in [1.29, 1.82) is 0 Å². The van der Waals surface area contributed by atoms with Crippen LogP contribution in [0.2, 0.25) is 0 Å². The Bertz CT molecular complexity index is 980. The van der Waals surface area contributed by atoms with Crippen LogP contribution in [0.15, 0.2) is 23.6 Å². The molecule has 29 heavy (non-hydrogen) atoms. The Morgan fingerprint density at radius 1 is 0.966 bits per heavy atom. The van der Waals surface area contributed by atoms with E-state index in [1.807, 2.05) is 0 Å². The summed E-state index contributed by atoms with van der Waals surface area (Å²) in [7, 11) is -0.419. The van der Waals surface area contributed by atoms with Crippen molar-refractivity contribution in [3.63, 3.8) is 0 Å². The highest BCUT2D eigenvalue weighted by atomic mass is 32.1. The average molecular weight is 428 g/mol. The molecule has 3 heterocycles. The molecule has 4 nitrogen and oxygen atoms in total. The van der Waals surface area contributed by atoms with E-state index in [9.17, 15) is 0 Å². The first kappa shape index (κ1) is 21.0. The maximum absolute atomic E-state index is 6.26. The molecule has 0 amide bonds. The number of hydrogen-bond donors (Lipinski definition) is 0. The summed E-state index contributed by atoms with van der Waals surface area (Å²) in [4.78, 5) is 1.26. The van der Waals surface area contributed by atoms with Crippen LogP contribution in [0, 0.1) is 0 Å². The van der Waals surface area contributed by atoms with Crippen LogP contribution in [0.4, 0.5) is 0 Å². The van der Waals surface area contributed by atoms with E-state index in [0.29, 0.717) is 0 Å². The lowest BCUT2D eigenvalue weighted by atomic mass is 9.77. The van der Waals surface area contributed by atoms with Crippen LogP contribution in [0.1, 0.15) is 65.9 Å². The predicted molar refractivity (Wildman–Crippen MR) is 124 cm³/mol. The molecule has 1 aliphatic heterocycles. The SMILES string of the molecule is CCCCCCc1csc(-c2ccc(B3OC(C)(C)C(C)(C)O3)c3nsnc23)c1. The van der Waals surface area contributed by atoms with Gasteiger partial charge in [-0.2, -0.15) is 8.75 Å². The Labute approximate surface area is 182 Å². The average Bonchev–Trinajstić information content (AvgIpc) is 3.37. The molecule has 1 aromatic carbocycles. The Morgan fingerprint density at radius 2 is 1.69 bits per heavy atom. The topological polar surface area (TPSA) is 44.2 Å². The molecule has 1 saturated heterocycles. The Balaban J connectivity index is 1.60. The molecule has 0 saturated carbocycles. The molecule has 0 unspecified atom stereocenters. The van der Waals surface area contributed by atoms with Gasteiger partial charge in [0.15, 0.2) is 0 Å². The third kappa shape index (κ3) is 4.02. The highest BCUT2D eigenvalue weighted by molar-refractivity contribution is 7.13. The van der Waals surface area contributed by atoms with Gasteiger partial charge in [0.25, 0.3) is 0 Å². The second-order valence-electron chi connectivity index (χ2n) is 8.88. The fraction of sp³-hybridized carbons (Fsp3) is 0.545. The molecule has 4 rings (SSSR count). The van der Waals surface area contributed by atoms with E-state index < -0.39 is 7.12 Å². The molecular formula is C22H29BN2O2S2. The normalized spacial score (nSPS) is 18.0. The lowest BCUT2D eigenvalue weighted by Crippen LogP contribution is -2.41. The number of aryl methyl sites for hydroxylation is 1. The molecule has 0 spiro atoms. The van der Waals surface area contributed by atoms with Crippen molar-refractivity contribution in [1.82, 2.24) is 8.75 Å². The van der Waals surface area contributed by atoms with Gasteiger partial charge in [0.05, 0.1) is 22.9 Å². The monoisotopic (exact) mass is 428 g/mol. The Hall–Kier alpha value is -1.28. The standard InChI is InChI=1S/C22H29BN2O2S2/c1-6-7-8-9-10-15-13-18(28-14-15)16-11-12-17(20-19(16)24-29-25-20)23-26-21(2,3)22(4,5)27-23/h11-14H,6-10H2,1-5H3. The summed E-state index contributed by atoms with van der Waals surface area (Å²) in [6.07, 6.45) is 6.32. The molecule has 3 aromatic rings. The number of thiophene rings is 1. The van der Waals surface area contributed by atoms with Gasteiger partial charge in [0.1, 0.15) is 11.0 Å². The van der Waals surface area contributed by atoms with Gasteiger partial charge in [-0.15, -0.1) is 11.3 Å². The van der Waals surface area contributed by atoms with Gasteiger partial charge >= 0.3 is 7.12 Å². The van der Waals surface area contributed by atoms with Crippen LogP contribution in [0.5, 0.6) is 0 Å². The fourth-order valence-corrected chi connectivity index (χ4v) is 5.20. The van der Waals surface area contributed by atoms with Crippen molar-refractivity contribution >= 4 is 46.7 Å². The van der Waals surface area contributed by atoms with Crippen LogP contribution in [0.3, 0.4) is 0 Å². The van der Waals surface area contributed by atoms with E-state index in [1.165, 1.54) is 47.9 Å². The summed E-state index contributed by atoms with van der Waals surface area (Å²) in [5.74, 6) is 0. The first-order valence-corrected chi connectivity index (χ1v) is 12.1. The van der Waals surface area contributed by atoms with Gasteiger partial charge in [-0.05, 0) is 57.5 Å². The molecule has 2 aromatic heterocycles. The molecular weight excluding hydrogens is 399 g/mol. The Morgan fingerprint density at radius 3 is 2.41 bits per heavy atom. The van der Waals surface area contributed by atoms with Crippen LogP contribution >= 0.6 is 23.1 Å². The largest absolute Gasteiger partial charge is 0.497 e. The molecule has 0 aliphatic carbocycles. The van der Waals surface area contributed by atoms with Crippen LogP contribution in [0.25, 0.3) is 21.5 Å². The lowest BCUT2D eigenvalue weighted by Gasteiger charge is -2.32. The van der Waals surface area contributed by atoms with E-state index in [2.05, 4.69) is 66.9 Å². The third-order valence-electron chi connectivity index (χ3n) is 6.19. The predicted octanol–water partition coefficient (Wildman–Crippen LogP) is 5.84. The number of nitrogens with zero attached hydrogens (tertiary/aromatic N) is 2. The van der Waals surface area contributed by atoms with Crippen LogP contribution in [-0.4, -0.2) is 27.1 Å². The van der Waals surface area contributed by atoms with Gasteiger partial charge in [-0.3, -0.25) is 0 Å². The number of benzene rings is 1. The van der Waals surface area contributed by atoms with Crippen molar-refractivity contribution in [2.45, 2.75) is 77.9 Å². The third-order valence-corrected chi connectivity index (χ3v) is 7.73. The highest BCUT2D eigenvalue weighted by Gasteiger charge is 2.52. The molecule has 1 aliphatic rings. The number of unbranched alkanes of at least 4 members (excludes halogenated alkanes) is 3. The second kappa shape index (κ2) is 8.10. The minimum absolute atomic E-state index is 0.369. The van der Waals surface area contributed by atoms with Crippen molar-refractivity contribution in [3.8, 4) is 10.4 Å². The maximum Gasteiger partial charge on any atom is 0.497 e. The quantitative estimate of drug-likeness (QED) is 0.350. The van der Waals surface area contributed by atoms with Gasteiger partial charge < -0.3 is 9.31 Å². The van der Waals surface area contributed by atoms with Crippen molar-refractivity contribution in [2.24, 2.45) is 0 Å². The molecule has 0 bridgehead atoms. The van der Waals surface area contributed by atoms with Crippen molar-refractivity contribution < 1.29 is 9.31 Å². The minimum atomic E-state index is -0.419. The molecule has 0 atom stereocenters. The van der Waals surface area contributed by atoms with E-state index in [1.54, 1.807) is 11.3 Å². The molecule has 1 fully saturated rings. The van der Waals surface area contributed by atoms with Gasteiger partial charge in [0.2, 0.25) is 0 Å². The zero-order valence-electron chi connectivity index (χ0n) is 17.9. The first-order valence-electron chi connectivity index (χ1n) is 10.5. The summed E-state index contributed by atoms with van der Waals surface area (Å²) >= 11 is 3.05. The van der Waals surface area contributed by atoms with Crippen molar-refractivity contribution in [3.05, 3.63) is 29.1 Å². The maximum atomic E-state index is 6.26.